The number of rotatable bonds is 6. The molecule has 1 atom stereocenters. The average molecular weight is 349 g/mol. The van der Waals surface area contributed by atoms with Crippen LogP contribution in [0, 0.1) is 12.3 Å². The summed E-state index contributed by atoms with van der Waals surface area (Å²) in [5.41, 5.74) is -0.386. The molecule has 1 aromatic rings. The molecular weight excluding hydrogens is 322 g/mol. The monoisotopic (exact) mass is 349 g/mol. The molecule has 1 aromatic heterocycles. The van der Waals surface area contributed by atoms with E-state index in [-0.39, 0.29) is 17.2 Å². The van der Waals surface area contributed by atoms with Gasteiger partial charge in [0.15, 0.2) is 5.82 Å². The first-order valence-corrected chi connectivity index (χ1v) is 8.98. The molecule has 3 rings (SSSR count). The second kappa shape index (κ2) is 7.51. The minimum Gasteiger partial charge on any atom is -0.383 e. The van der Waals surface area contributed by atoms with Gasteiger partial charge in [-0.2, -0.15) is 5.10 Å². The van der Waals surface area contributed by atoms with Crippen molar-refractivity contribution in [1.82, 2.24) is 25.0 Å². The SMILES string of the molecule is COCCN1CCCC2(CCN(C(=O)CCc3n[nH]c(C)n3)C2)C1=O. The van der Waals surface area contributed by atoms with E-state index in [9.17, 15) is 9.59 Å². The van der Waals surface area contributed by atoms with E-state index in [2.05, 4.69) is 15.2 Å². The summed E-state index contributed by atoms with van der Waals surface area (Å²) in [4.78, 5) is 33.4. The second-order valence-electron chi connectivity index (χ2n) is 7.07. The molecule has 0 aromatic carbocycles. The number of aryl methyl sites for hydroxylation is 2. The van der Waals surface area contributed by atoms with Crippen molar-refractivity contribution in [3.8, 4) is 0 Å². The zero-order chi connectivity index (χ0) is 17.9. The predicted molar refractivity (Wildman–Crippen MR) is 90.8 cm³/mol. The Morgan fingerprint density at radius 3 is 2.92 bits per heavy atom. The van der Waals surface area contributed by atoms with Crippen molar-refractivity contribution in [1.29, 1.82) is 0 Å². The fourth-order valence-electron chi connectivity index (χ4n) is 3.91. The van der Waals surface area contributed by atoms with Crippen molar-refractivity contribution in [2.75, 3.05) is 39.9 Å². The van der Waals surface area contributed by atoms with Crippen LogP contribution in [0.25, 0.3) is 0 Å². The molecule has 25 heavy (non-hydrogen) atoms. The van der Waals surface area contributed by atoms with Crippen LogP contribution >= 0.6 is 0 Å². The summed E-state index contributed by atoms with van der Waals surface area (Å²) in [7, 11) is 1.65. The van der Waals surface area contributed by atoms with Crippen LogP contribution in [-0.2, 0) is 20.7 Å². The van der Waals surface area contributed by atoms with E-state index in [1.807, 2.05) is 16.7 Å². The fraction of sp³-hybridized carbons (Fsp3) is 0.765. The molecular formula is C17H27N5O3. The van der Waals surface area contributed by atoms with Crippen molar-refractivity contribution in [2.45, 2.75) is 39.0 Å². The number of methoxy groups -OCH3 is 1. The molecule has 1 N–H and O–H groups in total. The summed E-state index contributed by atoms with van der Waals surface area (Å²) in [5.74, 6) is 1.70. The van der Waals surface area contributed by atoms with E-state index < -0.39 is 0 Å². The van der Waals surface area contributed by atoms with Crippen LogP contribution in [0.3, 0.4) is 0 Å². The first-order valence-electron chi connectivity index (χ1n) is 8.98. The molecule has 0 saturated carbocycles. The Balaban J connectivity index is 1.56. The lowest BCUT2D eigenvalue weighted by Gasteiger charge is -2.39. The van der Waals surface area contributed by atoms with Crippen LogP contribution in [-0.4, -0.2) is 76.7 Å². The lowest BCUT2D eigenvalue weighted by atomic mass is 9.78. The Morgan fingerprint density at radius 1 is 1.36 bits per heavy atom. The van der Waals surface area contributed by atoms with E-state index in [1.54, 1.807) is 7.11 Å². The highest BCUT2D eigenvalue weighted by molar-refractivity contribution is 5.86. The molecule has 2 fully saturated rings. The van der Waals surface area contributed by atoms with Crippen molar-refractivity contribution in [3.05, 3.63) is 11.6 Å². The van der Waals surface area contributed by atoms with Crippen LogP contribution in [0.5, 0.6) is 0 Å². The number of amides is 2. The number of piperidine rings is 1. The molecule has 2 aliphatic heterocycles. The minimum atomic E-state index is -0.386. The van der Waals surface area contributed by atoms with Gasteiger partial charge < -0.3 is 14.5 Å². The van der Waals surface area contributed by atoms with E-state index in [0.717, 1.165) is 31.6 Å². The van der Waals surface area contributed by atoms with Crippen LogP contribution in [0.2, 0.25) is 0 Å². The maximum Gasteiger partial charge on any atom is 0.230 e. The Hall–Kier alpha value is -1.96. The number of aromatic amines is 1. The molecule has 1 unspecified atom stereocenters. The van der Waals surface area contributed by atoms with E-state index in [4.69, 9.17) is 4.74 Å². The highest BCUT2D eigenvalue weighted by atomic mass is 16.5. The molecule has 0 aliphatic carbocycles. The summed E-state index contributed by atoms with van der Waals surface area (Å²) in [5, 5.41) is 6.86. The predicted octanol–water partition coefficient (Wildman–Crippen LogP) is 0.533. The number of likely N-dealkylation sites (tertiary alicyclic amines) is 2. The maximum absolute atomic E-state index is 12.9. The Kier molecular flexibility index (Phi) is 5.36. The van der Waals surface area contributed by atoms with Gasteiger partial charge in [0.2, 0.25) is 11.8 Å². The van der Waals surface area contributed by atoms with Gasteiger partial charge in [0.25, 0.3) is 0 Å². The Bertz CT molecular complexity index is 632. The third-order valence-electron chi connectivity index (χ3n) is 5.30. The van der Waals surface area contributed by atoms with Crippen molar-refractivity contribution < 1.29 is 14.3 Å². The minimum absolute atomic E-state index is 0.0844. The van der Waals surface area contributed by atoms with Crippen molar-refractivity contribution in [2.24, 2.45) is 5.41 Å². The molecule has 2 amide bonds. The fourth-order valence-corrected chi connectivity index (χ4v) is 3.91. The average Bonchev–Trinajstić information content (AvgIpc) is 3.21. The molecule has 2 saturated heterocycles. The number of hydrogen-bond acceptors (Lipinski definition) is 5. The number of hydrogen-bond donors (Lipinski definition) is 1. The number of aromatic nitrogens is 3. The van der Waals surface area contributed by atoms with Crippen LogP contribution in [0.4, 0.5) is 0 Å². The molecule has 8 nitrogen and oxygen atoms in total. The molecule has 3 heterocycles. The van der Waals surface area contributed by atoms with Gasteiger partial charge in [-0.15, -0.1) is 0 Å². The molecule has 2 aliphatic rings. The summed E-state index contributed by atoms with van der Waals surface area (Å²) in [6, 6.07) is 0. The van der Waals surface area contributed by atoms with Gasteiger partial charge in [-0.1, -0.05) is 0 Å². The second-order valence-corrected chi connectivity index (χ2v) is 7.07. The standard InChI is InChI=1S/C17H27N5O3/c1-13-18-14(20-19-13)4-5-15(23)22-9-7-17(12-22)6-3-8-21(16(17)24)10-11-25-2/h3-12H2,1-2H3,(H,18,19,20). The third-order valence-corrected chi connectivity index (χ3v) is 5.30. The maximum atomic E-state index is 12.9. The largest absolute Gasteiger partial charge is 0.383 e. The first-order chi connectivity index (χ1) is 12.0. The third kappa shape index (κ3) is 3.84. The van der Waals surface area contributed by atoms with Gasteiger partial charge in [0, 0.05) is 46.1 Å². The quantitative estimate of drug-likeness (QED) is 0.809. The number of H-pyrrole nitrogens is 1. The number of carbonyl (C=O) groups is 2. The van der Waals surface area contributed by atoms with E-state index >= 15 is 0 Å². The van der Waals surface area contributed by atoms with Crippen LogP contribution in [0.15, 0.2) is 0 Å². The molecule has 1 spiro atoms. The lowest BCUT2D eigenvalue weighted by molar-refractivity contribution is -0.146. The summed E-state index contributed by atoms with van der Waals surface area (Å²) < 4.78 is 5.11. The topological polar surface area (TPSA) is 91.4 Å². The van der Waals surface area contributed by atoms with Crippen molar-refractivity contribution in [3.63, 3.8) is 0 Å². The summed E-state index contributed by atoms with van der Waals surface area (Å²) in [6.07, 6.45) is 3.55. The number of nitrogens with zero attached hydrogens (tertiary/aromatic N) is 4. The van der Waals surface area contributed by atoms with Gasteiger partial charge >= 0.3 is 0 Å². The smallest absolute Gasteiger partial charge is 0.230 e. The zero-order valence-electron chi connectivity index (χ0n) is 15.1. The first kappa shape index (κ1) is 17.8. The molecule has 138 valence electrons. The normalized spacial score (nSPS) is 23.7. The van der Waals surface area contributed by atoms with Gasteiger partial charge in [0.1, 0.15) is 5.82 Å². The Morgan fingerprint density at radius 2 is 2.20 bits per heavy atom. The van der Waals surface area contributed by atoms with Gasteiger partial charge in [-0.05, 0) is 26.2 Å². The zero-order valence-corrected chi connectivity index (χ0v) is 15.1. The highest BCUT2D eigenvalue weighted by Gasteiger charge is 2.49. The molecule has 8 heteroatoms. The van der Waals surface area contributed by atoms with Crippen molar-refractivity contribution >= 4 is 11.8 Å². The highest BCUT2D eigenvalue weighted by Crippen LogP contribution is 2.40. The number of ether oxygens (including phenoxy) is 1. The van der Waals surface area contributed by atoms with E-state index in [0.29, 0.717) is 44.9 Å². The van der Waals surface area contributed by atoms with Gasteiger partial charge in [-0.3, -0.25) is 14.7 Å². The Labute approximate surface area is 147 Å². The lowest BCUT2D eigenvalue weighted by Crippen LogP contribution is -2.51. The van der Waals surface area contributed by atoms with Crippen LogP contribution in [0.1, 0.15) is 37.3 Å². The summed E-state index contributed by atoms with van der Waals surface area (Å²) >= 11 is 0. The molecule has 0 radical (unpaired) electrons. The summed E-state index contributed by atoms with van der Waals surface area (Å²) in [6.45, 7) is 5.03. The number of carbonyl (C=O) groups excluding carboxylic acids is 2. The molecule has 0 bridgehead atoms. The van der Waals surface area contributed by atoms with Gasteiger partial charge in [-0.25, -0.2) is 4.98 Å². The van der Waals surface area contributed by atoms with Crippen LogP contribution < -0.4 is 0 Å². The number of nitrogens with one attached hydrogen (secondary N) is 1. The van der Waals surface area contributed by atoms with Gasteiger partial charge in [0.05, 0.1) is 12.0 Å². The van der Waals surface area contributed by atoms with E-state index in [1.165, 1.54) is 0 Å².